The highest BCUT2D eigenvalue weighted by Gasteiger charge is 2.26. The van der Waals surface area contributed by atoms with Gasteiger partial charge in [0, 0.05) is 24.9 Å². The van der Waals surface area contributed by atoms with Crippen molar-refractivity contribution in [2.75, 3.05) is 13.1 Å². The van der Waals surface area contributed by atoms with Crippen molar-refractivity contribution in [3.8, 4) is 0 Å². The zero-order valence-electron chi connectivity index (χ0n) is 11.5. The van der Waals surface area contributed by atoms with E-state index in [1.54, 1.807) is 0 Å². The van der Waals surface area contributed by atoms with Crippen LogP contribution in [0.15, 0.2) is 30.3 Å². The van der Waals surface area contributed by atoms with Gasteiger partial charge in [-0.1, -0.05) is 37.3 Å². The van der Waals surface area contributed by atoms with E-state index in [0.29, 0.717) is 12.3 Å². The maximum atomic E-state index is 12.1. The minimum absolute atomic E-state index is 0.230. The number of carbonyl (C=O) groups excluding carboxylic acids is 1. The van der Waals surface area contributed by atoms with E-state index in [2.05, 4.69) is 19.1 Å². The number of hydrogen-bond acceptors (Lipinski definition) is 1. The predicted molar refractivity (Wildman–Crippen MR) is 79.4 cm³/mol. The summed E-state index contributed by atoms with van der Waals surface area (Å²) < 4.78 is 0. The Morgan fingerprint density at radius 1 is 1.37 bits per heavy atom. The summed E-state index contributed by atoms with van der Waals surface area (Å²) in [6, 6.07) is 10.3. The number of likely N-dealkylation sites (tertiary alicyclic amines) is 1. The fraction of sp³-hybridized carbons (Fsp3) is 0.562. The van der Waals surface area contributed by atoms with Crippen LogP contribution >= 0.6 is 11.6 Å². The molecule has 1 aromatic rings. The Morgan fingerprint density at radius 3 is 2.79 bits per heavy atom. The molecule has 0 aromatic heterocycles. The minimum Gasteiger partial charge on any atom is -0.342 e. The molecule has 2 rings (SSSR count). The van der Waals surface area contributed by atoms with Gasteiger partial charge in [0.2, 0.25) is 5.91 Å². The van der Waals surface area contributed by atoms with E-state index < -0.39 is 0 Å². The summed E-state index contributed by atoms with van der Waals surface area (Å²) in [5.41, 5.74) is 1.31. The zero-order chi connectivity index (χ0) is 13.7. The molecule has 1 aromatic carbocycles. The Hall–Kier alpha value is -1.02. The number of aryl methyl sites for hydroxylation is 1. The Morgan fingerprint density at radius 2 is 2.11 bits per heavy atom. The zero-order valence-corrected chi connectivity index (χ0v) is 12.3. The number of nitrogens with zero attached hydrogens (tertiary/aromatic N) is 1. The average Bonchev–Trinajstić information content (AvgIpc) is 2.43. The molecule has 104 valence electrons. The van der Waals surface area contributed by atoms with Crippen molar-refractivity contribution in [3.05, 3.63) is 35.9 Å². The molecule has 19 heavy (non-hydrogen) atoms. The number of amides is 1. The number of halogens is 1. The van der Waals surface area contributed by atoms with E-state index in [4.69, 9.17) is 11.6 Å². The Balaban J connectivity index is 1.73. The normalized spacial score (nSPS) is 23.4. The van der Waals surface area contributed by atoms with Gasteiger partial charge in [-0.25, -0.2) is 0 Å². The molecular formula is C16H22ClNO. The number of carbonyl (C=O) groups is 1. The van der Waals surface area contributed by atoms with Crippen molar-refractivity contribution in [3.63, 3.8) is 0 Å². The van der Waals surface area contributed by atoms with Crippen LogP contribution in [0, 0.1) is 5.92 Å². The van der Waals surface area contributed by atoms with Crippen LogP contribution in [-0.2, 0) is 11.2 Å². The van der Waals surface area contributed by atoms with Crippen LogP contribution in [0.4, 0.5) is 0 Å². The highest BCUT2D eigenvalue weighted by molar-refractivity contribution is 6.20. The Labute approximate surface area is 120 Å². The summed E-state index contributed by atoms with van der Waals surface area (Å²) in [7, 11) is 0. The van der Waals surface area contributed by atoms with Crippen molar-refractivity contribution in [2.45, 2.75) is 38.0 Å². The third kappa shape index (κ3) is 4.24. The largest absolute Gasteiger partial charge is 0.342 e. The van der Waals surface area contributed by atoms with Crippen LogP contribution < -0.4 is 0 Å². The van der Waals surface area contributed by atoms with E-state index in [0.717, 1.165) is 32.4 Å². The first-order valence-corrected chi connectivity index (χ1v) is 7.56. The molecule has 0 spiro atoms. The molecule has 2 atom stereocenters. The predicted octanol–water partition coefficient (Wildman–Crippen LogP) is 3.49. The molecule has 2 nitrogen and oxygen atoms in total. The van der Waals surface area contributed by atoms with Gasteiger partial charge < -0.3 is 4.90 Å². The molecule has 1 aliphatic heterocycles. The van der Waals surface area contributed by atoms with Crippen LogP contribution in [0.2, 0.25) is 0 Å². The van der Waals surface area contributed by atoms with Crippen molar-refractivity contribution >= 4 is 17.5 Å². The lowest BCUT2D eigenvalue weighted by Gasteiger charge is -2.34. The number of hydrogen-bond donors (Lipinski definition) is 0. The first-order valence-electron chi connectivity index (χ1n) is 7.12. The fourth-order valence-electron chi connectivity index (χ4n) is 2.59. The molecular weight excluding hydrogens is 258 g/mol. The summed E-state index contributed by atoms with van der Waals surface area (Å²) in [6.07, 6.45) is 3.48. The lowest BCUT2D eigenvalue weighted by atomic mass is 9.99. The van der Waals surface area contributed by atoms with Crippen molar-refractivity contribution < 1.29 is 4.79 Å². The fourth-order valence-corrected chi connectivity index (χ4v) is 2.77. The molecule has 1 fully saturated rings. The molecule has 1 heterocycles. The van der Waals surface area contributed by atoms with E-state index in [9.17, 15) is 4.79 Å². The quantitative estimate of drug-likeness (QED) is 0.773. The first kappa shape index (κ1) is 14.4. The van der Waals surface area contributed by atoms with E-state index in [1.807, 2.05) is 23.1 Å². The van der Waals surface area contributed by atoms with Crippen LogP contribution in [-0.4, -0.2) is 29.3 Å². The smallest absolute Gasteiger partial charge is 0.222 e. The molecule has 1 saturated heterocycles. The molecule has 0 saturated carbocycles. The average molecular weight is 280 g/mol. The number of piperidine rings is 1. The lowest BCUT2D eigenvalue weighted by molar-refractivity contribution is -0.132. The molecule has 1 amide bonds. The summed E-state index contributed by atoms with van der Waals surface area (Å²) in [4.78, 5) is 14.1. The number of benzene rings is 1. The van der Waals surface area contributed by atoms with E-state index in [1.165, 1.54) is 5.56 Å². The van der Waals surface area contributed by atoms with Crippen molar-refractivity contribution in [1.82, 2.24) is 4.90 Å². The summed E-state index contributed by atoms with van der Waals surface area (Å²) in [5.74, 6) is 0.694. The lowest BCUT2D eigenvalue weighted by Crippen LogP contribution is -2.43. The summed E-state index contributed by atoms with van der Waals surface area (Å²) in [6.45, 7) is 3.77. The van der Waals surface area contributed by atoms with Gasteiger partial charge in [0.25, 0.3) is 0 Å². The standard InChI is InChI=1S/C16H22ClNO/c1-13-12-18(11-10-15(13)17)16(19)9-5-8-14-6-3-2-4-7-14/h2-4,6-7,13,15H,5,8-12H2,1H3. The van der Waals surface area contributed by atoms with Gasteiger partial charge in [-0.05, 0) is 30.7 Å². The monoisotopic (exact) mass is 279 g/mol. The van der Waals surface area contributed by atoms with Gasteiger partial charge in [0.15, 0.2) is 0 Å². The van der Waals surface area contributed by atoms with Crippen LogP contribution in [0.25, 0.3) is 0 Å². The maximum Gasteiger partial charge on any atom is 0.222 e. The topological polar surface area (TPSA) is 20.3 Å². The molecule has 0 bridgehead atoms. The van der Waals surface area contributed by atoms with Crippen LogP contribution in [0.3, 0.4) is 0 Å². The molecule has 0 aliphatic carbocycles. The summed E-state index contributed by atoms with van der Waals surface area (Å²) >= 11 is 6.18. The first-order chi connectivity index (χ1) is 9.16. The van der Waals surface area contributed by atoms with E-state index in [-0.39, 0.29) is 11.3 Å². The Bertz CT molecular complexity index is 406. The second-order valence-electron chi connectivity index (χ2n) is 5.46. The van der Waals surface area contributed by atoms with Gasteiger partial charge in [0.1, 0.15) is 0 Å². The molecule has 0 N–H and O–H groups in total. The Kier molecular flexibility index (Phi) is 5.26. The molecule has 0 radical (unpaired) electrons. The minimum atomic E-state index is 0.230. The van der Waals surface area contributed by atoms with Gasteiger partial charge in [0.05, 0.1) is 0 Å². The SMILES string of the molecule is CC1CN(C(=O)CCCc2ccccc2)CCC1Cl. The van der Waals surface area contributed by atoms with Gasteiger partial charge >= 0.3 is 0 Å². The maximum absolute atomic E-state index is 12.1. The van der Waals surface area contributed by atoms with Gasteiger partial charge in [-0.15, -0.1) is 11.6 Å². The second-order valence-corrected chi connectivity index (χ2v) is 6.02. The highest BCUT2D eigenvalue weighted by Crippen LogP contribution is 2.22. The van der Waals surface area contributed by atoms with Crippen LogP contribution in [0.5, 0.6) is 0 Å². The number of rotatable bonds is 4. The summed E-state index contributed by atoms with van der Waals surface area (Å²) in [5, 5.41) is 0.230. The molecule has 2 unspecified atom stereocenters. The van der Waals surface area contributed by atoms with Crippen molar-refractivity contribution in [1.29, 1.82) is 0 Å². The van der Waals surface area contributed by atoms with Crippen LogP contribution in [0.1, 0.15) is 31.7 Å². The number of alkyl halides is 1. The molecule has 3 heteroatoms. The third-order valence-corrected chi connectivity index (χ3v) is 4.50. The molecule has 1 aliphatic rings. The van der Waals surface area contributed by atoms with Crippen molar-refractivity contribution in [2.24, 2.45) is 5.92 Å². The van der Waals surface area contributed by atoms with E-state index >= 15 is 0 Å². The van der Waals surface area contributed by atoms with Gasteiger partial charge in [-0.2, -0.15) is 0 Å². The third-order valence-electron chi connectivity index (χ3n) is 3.85. The highest BCUT2D eigenvalue weighted by atomic mass is 35.5. The van der Waals surface area contributed by atoms with Gasteiger partial charge in [-0.3, -0.25) is 4.79 Å². The second kappa shape index (κ2) is 6.95.